The average molecular weight is 161 g/mol. The monoisotopic (exact) mass is 161 g/mol. The van der Waals surface area contributed by atoms with Gasteiger partial charge in [0.05, 0.1) is 6.26 Å². The van der Waals surface area contributed by atoms with Crippen LogP contribution in [0.2, 0.25) is 0 Å². The number of rotatable bonds is 0. The van der Waals surface area contributed by atoms with Gasteiger partial charge in [0.25, 0.3) is 0 Å². The van der Waals surface area contributed by atoms with Crippen LogP contribution < -0.4 is 5.73 Å². The molecular weight excluding hydrogens is 150 g/mol. The second-order valence-corrected chi connectivity index (χ2v) is 3.09. The third kappa shape index (κ3) is 0.811. The van der Waals surface area contributed by atoms with Crippen molar-refractivity contribution >= 4 is 5.69 Å². The molecule has 0 unspecified atom stereocenters. The Morgan fingerprint density at radius 3 is 2.67 bits per heavy atom. The van der Waals surface area contributed by atoms with Gasteiger partial charge in [-0.2, -0.15) is 0 Å². The van der Waals surface area contributed by atoms with Crippen molar-refractivity contribution in [3.63, 3.8) is 0 Å². The summed E-state index contributed by atoms with van der Waals surface area (Å²) in [5.74, 6) is 0.910. The van der Waals surface area contributed by atoms with Crippen molar-refractivity contribution in [2.24, 2.45) is 0 Å². The van der Waals surface area contributed by atoms with Crippen molar-refractivity contribution in [1.82, 2.24) is 0 Å². The molecule has 2 nitrogen and oxygen atoms in total. The maximum atomic E-state index is 5.82. The van der Waals surface area contributed by atoms with E-state index in [2.05, 4.69) is 0 Å². The zero-order chi connectivity index (χ0) is 8.72. The molecule has 1 aliphatic carbocycles. The predicted molar refractivity (Wildman–Crippen MR) is 49.2 cm³/mol. The highest BCUT2D eigenvalue weighted by molar-refractivity contribution is 5.81. The summed E-state index contributed by atoms with van der Waals surface area (Å²) in [4.78, 5) is 0. The predicted octanol–water partition coefficient (Wildman–Crippen LogP) is 2.58. The van der Waals surface area contributed by atoms with Crippen LogP contribution in [0, 0.1) is 13.8 Å². The maximum absolute atomic E-state index is 5.82. The lowest BCUT2D eigenvalue weighted by molar-refractivity contribution is 0.562. The summed E-state index contributed by atoms with van der Waals surface area (Å²) in [6.07, 6.45) is 1.70. The topological polar surface area (TPSA) is 39.2 Å². The third-order valence-corrected chi connectivity index (χ3v) is 2.14. The summed E-state index contributed by atoms with van der Waals surface area (Å²) in [5, 5.41) is 0. The normalized spacial score (nSPS) is 10.8. The summed E-state index contributed by atoms with van der Waals surface area (Å²) in [7, 11) is 0. The zero-order valence-corrected chi connectivity index (χ0v) is 7.22. The fourth-order valence-electron chi connectivity index (χ4n) is 1.55. The first kappa shape index (κ1) is 7.22. The Hall–Kier alpha value is -1.44. The van der Waals surface area contributed by atoms with E-state index in [1.807, 2.05) is 26.0 Å². The molecule has 2 rings (SSSR count). The second kappa shape index (κ2) is 2.27. The fraction of sp³-hybridized carbons (Fsp3) is 0.200. The number of hydrogen-bond acceptors (Lipinski definition) is 2. The minimum absolute atomic E-state index is 0.810. The minimum Gasteiger partial charge on any atom is -0.464 e. The Kier molecular flexibility index (Phi) is 1.37. The molecule has 0 fully saturated rings. The van der Waals surface area contributed by atoms with Crippen LogP contribution in [-0.2, 0) is 0 Å². The quantitative estimate of drug-likeness (QED) is 0.645. The van der Waals surface area contributed by atoms with Crippen LogP contribution in [-0.4, -0.2) is 0 Å². The van der Waals surface area contributed by atoms with Gasteiger partial charge in [0, 0.05) is 11.3 Å². The highest BCUT2D eigenvalue weighted by Gasteiger charge is 2.15. The van der Waals surface area contributed by atoms with Gasteiger partial charge in [0.1, 0.15) is 5.76 Å². The Morgan fingerprint density at radius 2 is 2.00 bits per heavy atom. The Morgan fingerprint density at radius 1 is 1.25 bits per heavy atom. The van der Waals surface area contributed by atoms with E-state index in [0.717, 1.165) is 22.6 Å². The molecule has 2 aliphatic rings. The third-order valence-electron chi connectivity index (χ3n) is 2.14. The summed E-state index contributed by atoms with van der Waals surface area (Å²) in [6.45, 7) is 4.04. The van der Waals surface area contributed by atoms with Gasteiger partial charge in [-0.25, -0.2) is 0 Å². The van der Waals surface area contributed by atoms with E-state index in [-0.39, 0.29) is 0 Å². The van der Waals surface area contributed by atoms with E-state index in [1.165, 1.54) is 5.56 Å². The Bertz CT molecular complexity index is 389. The van der Waals surface area contributed by atoms with E-state index in [0.29, 0.717) is 0 Å². The lowest BCUT2D eigenvalue weighted by Gasteiger charge is -2.03. The van der Waals surface area contributed by atoms with Gasteiger partial charge < -0.3 is 10.2 Å². The Labute approximate surface area is 71.3 Å². The Balaban J connectivity index is 2.85. The van der Waals surface area contributed by atoms with Crippen LogP contribution in [0.3, 0.4) is 0 Å². The number of fused-ring (bicyclic) bond motifs is 1. The lowest BCUT2D eigenvalue weighted by Crippen LogP contribution is -1.87. The summed E-state index contributed by atoms with van der Waals surface area (Å²) >= 11 is 0. The molecule has 12 heavy (non-hydrogen) atoms. The first-order valence-corrected chi connectivity index (χ1v) is 3.93. The SMILES string of the molecule is Cc1cc(N)c2c(C)ccoc1-2. The average Bonchev–Trinajstić information content (AvgIpc) is 2.29. The van der Waals surface area contributed by atoms with E-state index < -0.39 is 0 Å². The molecule has 0 saturated carbocycles. The molecule has 0 saturated heterocycles. The van der Waals surface area contributed by atoms with Crippen molar-refractivity contribution in [3.8, 4) is 11.3 Å². The molecule has 0 amide bonds. The highest BCUT2D eigenvalue weighted by Crippen LogP contribution is 2.36. The summed E-state index contributed by atoms with van der Waals surface area (Å²) < 4.78 is 5.36. The van der Waals surface area contributed by atoms with Gasteiger partial charge in [-0.15, -0.1) is 0 Å². The van der Waals surface area contributed by atoms with E-state index in [9.17, 15) is 0 Å². The molecule has 2 N–H and O–H groups in total. The van der Waals surface area contributed by atoms with Crippen LogP contribution in [0.25, 0.3) is 11.3 Å². The molecule has 1 aliphatic heterocycles. The molecule has 1 heterocycles. The number of nitrogens with two attached hydrogens (primary N) is 1. The van der Waals surface area contributed by atoms with E-state index >= 15 is 0 Å². The summed E-state index contributed by atoms with van der Waals surface area (Å²) in [6, 6.07) is 3.87. The number of nitrogen functional groups attached to an aromatic ring is 1. The van der Waals surface area contributed by atoms with Gasteiger partial charge in [-0.3, -0.25) is 0 Å². The number of hydrogen-bond donors (Lipinski definition) is 1. The largest absolute Gasteiger partial charge is 0.464 e. The molecule has 62 valence electrons. The molecular formula is C10H11NO. The smallest absolute Gasteiger partial charge is 0.139 e. The van der Waals surface area contributed by atoms with Gasteiger partial charge >= 0.3 is 0 Å². The summed E-state index contributed by atoms with van der Waals surface area (Å²) in [5.41, 5.74) is 9.95. The van der Waals surface area contributed by atoms with Gasteiger partial charge in [0.2, 0.25) is 0 Å². The van der Waals surface area contributed by atoms with Crippen LogP contribution in [0.1, 0.15) is 11.1 Å². The fourth-order valence-corrected chi connectivity index (χ4v) is 1.55. The van der Waals surface area contributed by atoms with E-state index in [4.69, 9.17) is 10.2 Å². The van der Waals surface area contributed by atoms with Crippen LogP contribution >= 0.6 is 0 Å². The van der Waals surface area contributed by atoms with Crippen molar-refractivity contribution < 1.29 is 4.42 Å². The zero-order valence-electron chi connectivity index (χ0n) is 7.22. The molecule has 0 atom stereocenters. The first-order valence-electron chi connectivity index (χ1n) is 3.93. The molecule has 0 aromatic rings. The van der Waals surface area contributed by atoms with Gasteiger partial charge in [0.15, 0.2) is 0 Å². The molecule has 0 bridgehead atoms. The van der Waals surface area contributed by atoms with Crippen molar-refractivity contribution in [3.05, 3.63) is 29.5 Å². The molecule has 2 heteroatoms. The van der Waals surface area contributed by atoms with E-state index in [1.54, 1.807) is 6.26 Å². The standard InChI is InChI=1S/C10H11NO/c1-6-3-4-12-10-7(2)5-8(11)9(6)10/h3-5H,11H2,1-2H3. The molecule has 0 aromatic heterocycles. The van der Waals surface area contributed by atoms with Gasteiger partial charge in [-0.05, 0) is 37.1 Å². The number of aryl methyl sites for hydroxylation is 2. The highest BCUT2D eigenvalue weighted by atomic mass is 16.3. The van der Waals surface area contributed by atoms with Gasteiger partial charge in [-0.1, -0.05) is 0 Å². The van der Waals surface area contributed by atoms with Crippen molar-refractivity contribution in [1.29, 1.82) is 0 Å². The molecule has 0 aromatic carbocycles. The second-order valence-electron chi connectivity index (χ2n) is 3.09. The van der Waals surface area contributed by atoms with Crippen LogP contribution in [0.4, 0.5) is 5.69 Å². The lowest BCUT2D eigenvalue weighted by atomic mass is 10.1. The van der Waals surface area contributed by atoms with Crippen molar-refractivity contribution in [2.75, 3.05) is 5.73 Å². The first-order chi connectivity index (χ1) is 5.70. The minimum atomic E-state index is 0.810. The van der Waals surface area contributed by atoms with Crippen molar-refractivity contribution in [2.45, 2.75) is 13.8 Å². The maximum Gasteiger partial charge on any atom is 0.139 e. The van der Waals surface area contributed by atoms with Crippen LogP contribution in [0.5, 0.6) is 0 Å². The molecule has 0 radical (unpaired) electrons. The molecule has 0 spiro atoms. The number of anilines is 1. The van der Waals surface area contributed by atoms with Crippen LogP contribution in [0.15, 0.2) is 22.8 Å².